The average Bonchev–Trinajstić information content (AvgIpc) is 4.16. The molecule has 3 saturated heterocycles. The molecule has 3 aliphatic rings. The Morgan fingerprint density at radius 1 is 0.677 bits per heavy atom. The SMILES string of the molecule is CC[C@H](C)[C@H](CC(=O)OC)C(=O)N1CCC[C@H]1C(=O)Cc1nc([C@@H]2CC[C@@H](c3csc(CC(=O)[C@@H]4CCCN4C(=O)[C@@H](CC(=O)OC)[C@@H](C)CC)n3)N2c2ccc(C(C)(C)C)cc2)cs1. The van der Waals surface area contributed by atoms with Crippen LogP contribution in [0.15, 0.2) is 35.0 Å². The molecule has 1 aromatic carbocycles. The van der Waals surface area contributed by atoms with E-state index < -0.39 is 35.9 Å². The van der Waals surface area contributed by atoms with E-state index in [-0.39, 0.29) is 78.4 Å². The summed E-state index contributed by atoms with van der Waals surface area (Å²) in [6, 6.07) is 7.40. The minimum Gasteiger partial charge on any atom is -0.469 e. The van der Waals surface area contributed by atoms with Gasteiger partial charge in [-0.15, -0.1) is 22.7 Å². The number of esters is 2. The van der Waals surface area contributed by atoms with Gasteiger partial charge in [0.1, 0.15) is 10.0 Å². The van der Waals surface area contributed by atoms with Gasteiger partial charge in [0.25, 0.3) is 0 Å². The molecule has 0 saturated carbocycles. The Labute approximate surface area is 393 Å². The lowest BCUT2D eigenvalue weighted by Crippen LogP contribution is -2.46. The van der Waals surface area contributed by atoms with Crippen LogP contribution >= 0.6 is 22.7 Å². The van der Waals surface area contributed by atoms with Crippen molar-refractivity contribution in [1.29, 1.82) is 0 Å². The number of carbonyl (C=O) groups is 6. The molecule has 15 heteroatoms. The van der Waals surface area contributed by atoms with Crippen molar-refractivity contribution in [3.8, 4) is 0 Å². The minimum absolute atomic E-state index is 0.00301. The van der Waals surface area contributed by atoms with E-state index in [2.05, 4.69) is 60.7 Å². The molecule has 2 amide bonds. The van der Waals surface area contributed by atoms with Crippen molar-refractivity contribution >= 4 is 63.7 Å². The molecular weight excluding hydrogens is 863 g/mol. The van der Waals surface area contributed by atoms with Gasteiger partial charge in [-0.05, 0) is 73.5 Å². The Balaban J connectivity index is 1.19. The van der Waals surface area contributed by atoms with Crippen LogP contribution in [-0.4, -0.2) is 94.5 Å². The Kier molecular flexibility index (Phi) is 16.8. The van der Waals surface area contributed by atoms with Gasteiger partial charge >= 0.3 is 11.9 Å². The number of amides is 2. The van der Waals surface area contributed by atoms with Gasteiger partial charge < -0.3 is 24.2 Å². The second-order valence-electron chi connectivity index (χ2n) is 19.4. The summed E-state index contributed by atoms with van der Waals surface area (Å²) in [6.45, 7) is 15.5. The summed E-state index contributed by atoms with van der Waals surface area (Å²) in [5.41, 5.74) is 4.00. The first-order chi connectivity index (χ1) is 31.0. The Morgan fingerprint density at radius 3 is 1.46 bits per heavy atom. The van der Waals surface area contributed by atoms with Gasteiger partial charge in [0.2, 0.25) is 11.8 Å². The van der Waals surface area contributed by atoms with Gasteiger partial charge in [0.15, 0.2) is 11.6 Å². The highest BCUT2D eigenvalue weighted by Gasteiger charge is 2.42. The standard InChI is InChI=1S/C50H69N5O8S2/c1-10-30(3)34(24-46(58)62-8)48(60)53-22-12-14-40(53)42(56)26-44-51-36(28-64-44)38-20-21-39(55(38)33-18-16-32(17-19-33)50(5,6)7)37-29-65-45(52-37)27-43(57)41-15-13-23-54(41)49(61)35(31(4)11-2)25-47(59)63-9/h16-19,28-31,34-35,38-41H,10-15,20-27H2,1-9H3/t30-,31-,34-,35-,38-,39-,40-,41-/m0/s1. The number of thiazole rings is 2. The molecule has 6 rings (SSSR count). The number of Topliss-reactive ketones (excluding diaryl/α,β-unsaturated/α-hetero) is 2. The topological polar surface area (TPSA) is 156 Å². The molecule has 354 valence electrons. The molecule has 0 spiro atoms. The summed E-state index contributed by atoms with van der Waals surface area (Å²) in [5, 5.41) is 5.52. The fourth-order valence-electron chi connectivity index (χ4n) is 9.85. The number of hydrogen-bond donors (Lipinski definition) is 0. The Bertz CT molecular complexity index is 2040. The zero-order valence-electron chi connectivity index (χ0n) is 39.8. The summed E-state index contributed by atoms with van der Waals surface area (Å²) >= 11 is 2.94. The molecule has 13 nitrogen and oxygen atoms in total. The van der Waals surface area contributed by atoms with E-state index in [0.29, 0.717) is 35.9 Å². The lowest BCUT2D eigenvalue weighted by Gasteiger charge is -2.32. The number of rotatable bonds is 19. The molecule has 3 aliphatic heterocycles. The van der Waals surface area contributed by atoms with Crippen LogP contribution in [0.25, 0.3) is 0 Å². The number of hydrogen-bond acceptors (Lipinski definition) is 13. The number of ketones is 2. The van der Waals surface area contributed by atoms with Gasteiger partial charge in [0.05, 0.1) is 87.3 Å². The zero-order valence-corrected chi connectivity index (χ0v) is 41.4. The number of likely N-dealkylation sites (tertiary alicyclic amines) is 2. The second kappa shape index (κ2) is 21.9. The van der Waals surface area contributed by atoms with Crippen molar-refractivity contribution < 1.29 is 38.2 Å². The maximum absolute atomic E-state index is 14.0. The highest BCUT2D eigenvalue weighted by molar-refractivity contribution is 7.10. The summed E-state index contributed by atoms with van der Waals surface area (Å²) in [5.74, 6) is -2.38. The van der Waals surface area contributed by atoms with E-state index >= 15 is 0 Å². The molecule has 65 heavy (non-hydrogen) atoms. The smallest absolute Gasteiger partial charge is 0.306 e. The lowest BCUT2D eigenvalue weighted by atomic mass is 9.87. The predicted octanol–water partition coefficient (Wildman–Crippen LogP) is 8.64. The molecule has 0 unspecified atom stereocenters. The molecule has 0 N–H and O–H groups in total. The fraction of sp³-hybridized carbons (Fsp3) is 0.640. The monoisotopic (exact) mass is 931 g/mol. The summed E-state index contributed by atoms with van der Waals surface area (Å²) < 4.78 is 9.83. The van der Waals surface area contributed by atoms with Gasteiger partial charge in [-0.1, -0.05) is 73.4 Å². The van der Waals surface area contributed by atoms with E-state index in [1.54, 1.807) is 9.80 Å². The lowest BCUT2D eigenvalue weighted by molar-refractivity contribution is -0.149. The van der Waals surface area contributed by atoms with Crippen LogP contribution in [0.1, 0.15) is 152 Å². The van der Waals surface area contributed by atoms with Crippen LogP contribution in [0.2, 0.25) is 0 Å². The minimum atomic E-state index is -0.552. The molecule has 3 fully saturated rings. The maximum atomic E-state index is 14.0. The number of nitrogens with zero attached hydrogens (tertiary/aromatic N) is 5. The third-order valence-corrected chi connectivity index (χ3v) is 16.0. The molecule has 0 radical (unpaired) electrons. The molecule has 0 bridgehead atoms. The number of carbonyl (C=O) groups excluding carboxylic acids is 6. The predicted molar refractivity (Wildman–Crippen MR) is 253 cm³/mol. The first-order valence-electron chi connectivity index (χ1n) is 23.6. The first kappa shape index (κ1) is 49.9. The summed E-state index contributed by atoms with van der Waals surface area (Å²) in [7, 11) is 2.66. The van der Waals surface area contributed by atoms with Crippen LogP contribution in [0, 0.1) is 23.7 Å². The van der Waals surface area contributed by atoms with Crippen molar-refractivity contribution in [3.05, 3.63) is 62.0 Å². The van der Waals surface area contributed by atoms with Gasteiger partial charge in [-0.3, -0.25) is 28.8 Å². The van der Waals surface area contributed by atoms with E-state index in [4.69, 9.17) is 19.4 Å². The van der Waals surface area contributed by atoms with E-state index in [1.165, 1.54) is 42.5 Å². The Hall–Kier alpha value is -4.50. The van der Waals surface area contributed by atoms with Crippen LogP contribution < -0.4 is 4.90 Å². The van der Waals surface area contributed by atoms with Crippen LogP contribution in [0.5, 0.6) is 0 Å². The Morgan fingerprint density at radius 2 is 1.09 bits per heavy atom. The number of methoxy groups -OCH3 is 2. The quantitative estimate of drug-likeness (QED) is 0.106. The van der Waals surface area contributed by atoms with Gasteiger partial charge in [-0.2, -0.15) is 0 Å². The van der Waals surface area contributed by atoms with Crippen LogP contribution in [0.3, 0.4) is 0 Å². The van der Waals surface area contributed by atoms with Crippen LogP contribution in [-0.2, 0) is 56.5 Å². The van der Waals surface area contributed by atoms with E-state index in [0.717, 1.165) is 55.6 Å². The highest BCUT2D eigenvalue weighted by Crippen LogP contribution is 2.47. The van der Waals surface area contributed by atoms with Crippen LogP contribution in [0.4, 0.5) is 5.69 Å². The van der Waals surface area contributed by atoms with E-state index in [1.807, 2.05) is 27.7 Å². The third kappa shape index (κ3) is 11.6. The highest BCUT2D eigenvalue weighted by atomic mass is 32.1. The maximum Gasteiger partial charge on any atom is 0.306 e. The second-order valence-corrected chi connectivity index (χ2v) is 21.2. The van der Waals surface area contributed by atoms with Gasteiger partial charge in [0, 0.05) is 29.5 Å². The van der Waals surface area contributed by atoms with E-state index in [9.17, 15) is 28.8 Å². The van der Waals surface area contributed by atoms with Crippen molar-refractivity contribution in [3.63, 3.8) is 0 Å². The molecule has 8 atom stereocenters. The zero-order chi connectivity index (χ0) is 47.2. The molecule has 2 aromatic heterocycles. The number of aromatic nitrogens is 2. The largest absolute Gasteiger partial charge is 0.469 e. The summed E-state index contributed by atoms with van der Waals surface area (Å²) in [4.78, 5) is 96.2. The molecule has 0 aliphatic carbocycles. The average molecular weight is 932 g/mol. The number of anilines is 1. The number of benzene rings is 1. The van der Waals surface area contributed by atoms with Crippen molar-refractivity contribution in [2.75, 3.05) is 32.2 Å². The van der Waals surface area contributed by atoms with Crippen molar-refractivity contribution in [2.45, 2.75) is 155 Å². The number of ether oxygens (including phenoxy) is 2. The third-order valence-electron chi connectivity index (χ3n) is 14.2. The summed E-state index contributed by atoms with van der Waals surface area (Å²) in [6.07, 6.45) is 5.94. The molecular formula is C50H69N5O8S2. The fourth-order valence-corrected chi connectivity index (χ4v) is 11.6. The van der Waals surface area contributed by atoms with Crippen molar-refractivity contribution in [1.82, 2.24) is 19.8 Å². The molecule has 5 heterocycles. The normalized spacial score (nSPS) is 21.8. The van der Waals surface area contributed by atoms with Crippen molar-refractivity contribution in [2.24, 2.45) is 23.7 Å². The first-order valence-corrected chi connectivity index (χ1v) is 25.3. The van der Waals surface area contributed by atoms with Gasteiger partial charge in [-0.25, -0.2) is 9.97 Å². The molecule has 3 aromatic rings.